The molecule has 0 atom stereocenters. The van der Waals surface area contributed by atoms with E-state index in [2.05, 4.69) is 26.7 Å². The van der Waals surface area contributed by atoms with Crippen molar-refractivity contribution in [2.75, 3.05) is 33.2 Å². The van der Waals surface area contributed by atoms with Gasteiger partial charge in [-0.1, -0.05) is 46.4 Å². The van der Waals surface area contributed by atoms with E-state index in [0.29, 0.717) is 104 Å². The molecule has 2 aliphatic rings. The Hall–Kier alpha value is -3.77. The highest BCUT2D eigenvalue weighted by Crippen LogP contribution is 2.47. The molecule has 8 rings (SSSR count). The van der Waals surface area contributed by atoms with E-state index in [4.69, 9.17) is 51.5 Å². The summed E-state index contributed by atoms with van der Waals surface area (Å²) in [5.74, 6) is -0.616. The maximum atomic E-state index is 13.5. The Morgan fingerprint density at radius 1 is 0.786 bits per heavy atom. The molecule has 4 aromatic heterocycles. The standard InChI is InChI=1S/C37H31Cl4N7O5S3/c1-46(11-2-9-42-36(49)30-23-14-19-8-13-54-34(19)32(23)47(44-30)27-6-4-21(38)17-25(27)40)12-3-10-43-37(50)31-24-15-20-16-29(56(51,52)53)55-35(20)33(24)48(45-31)28-7-5-22(39)18-26(28)41/h4-8,13,16-18H,2-3,9-12,14-15H2,1H3,(H,42,49)(H,43,50)(H,51,52,53). The maximum Gasteiger partial charge on any atom is 0.304 e. The lowest BCUT2D eigenvalue weighted by Crippen LogP contribution is -2.31. The van der Waals surface area contributed by atoms with Gasteiger partial charge in [0.15, 0.2) is 11.4 Å². The number of rotatable bonds is 13. The molecule has 2 aromatic carbocycles. The van der Waals surface area contributed by atoms with Crippen LogP contribution in [0.3, 0.4) is 0 Å². The SMILES string of the molecule is CN(CCCNC(=O)c1nn(-c2ccc(Cl)cc2Cl)c2c1Cc1ccsc1-2)CCCNC(=O)c1nn(-c2ccc(Cl)cc2Cl)c2c1Cc1cc(S(=O)(=O)O)sc1-2. The summed E-state index contributed by atoms with van der Waals surface area (Å²) in [5, 5.41) is 19.1. The predicted molar refractivity (Wildman–Crippen MR) is 221 cm³/mol. The molecule has 0 aliphatic heterocycles. The second kappa shape index (κ2) is 15.5. The van der Waals surface area contributed by atoms with Crippen LogP contribution in [-0.4, -0.2) is 82.5 Å². The maximum absolute atomic E-state index is 13.5. The number of nitrogens with zero attached hydrogens (tertiary/aromatic N) is 5. The van der Waals surface area contributed by atoms with Crippen LogP contribution in [0.25, 0.3) is 32.5 Å². The van der Waals surface area contributed by atoms with Crippen molar-refractivity contribution < 1.29 is 22.6 Å². The normalized spacial score (nSPS) is 12.8. The van der Waals surface area contributed by atoms with Crippen LogP contribution in [0.15, 0.2) is 58.1 Å². The molecule has 0 saturated heterocycles. The third-order valence-corrected chi connectivity index (χ3v) is 14.2. The van der Waals surface area contributed by atoms with Gasteiger partial charge in [-0.15, -0.1) is 22.7 Å². The van der Waals surface area contributed by atoms with Crippen molar-refractivity contribution in [3.63, 3.8) is 0 Å². The molecule has 4 heterocycles. The van der Waals surface area contributed by atoms with Crippen LogP contribution in [0.5, 0.6) is 0 Å². The molecule has 2 aliphatic carbocycles. The summed E-state index contributed by atoms with van der Waals surface area (Å²) < 4.78 is 36.5. The summed E-state index contributed by atoms with van der Waals surface area (Å²) in [7, 11) is -2.43. The van der Waals surface area contributed by atoms with Gasteiger partial charge in [0.25, 0.3) is 11.8 Å². The van der Waals surface area contributed by atoms with Gasteiger partial charge in [-0.05, 0) is 98.0 Å². The molecule has 56 heavy (non-hydrogen) atoms. The van der Waals surface area contributed by atoms with E-state index in [1.54, 1.807) is 52.4 Å². The second-order valence-electron chi connectivity index (χ2n) is 13.4. The minimum absolute atomic E-state index is 0.186. The minimum Gasteiger partial charge on any atom is -0.351 e. The Morgan fingerprint density at radius 3 is 1.82 bits per heavy atom. The number of hydrogen-bond acceptors (Lipinski definition) is 9. The number of benzene rings is 2. The van der Waals surface area contributed by atoms with Crippen molar-refractivity contribution in [3.05, 3.63) is 108 Å². The van der Waals surface area contributed by atoms with E-state index in [0.717, 1.165) is 33.0 Å². The Morgan fingerprint density at radius 2 is 1.30 bits per heavy atom. The molecule has 19 heteroatoms. The predicted octanol–water partition coefficient (Wildman–Crippen LogP) is 8.06. The van der Waals surface area contributed by atoms with Crippen molar-refractivity contribution >= 4 is 91.0 Å². The van der Waals surface area contributed by atoms with Crippen molar-refractivity contribution in [2.45, 2.75) is 29.9 Å². The molecule has 0 unspecified atom stereocenters. The quantitative estimate of drug-likeness (QED) is 0.0778. The average molecular weight is 892 g/mol. The fourth-order valence-corrected chi connectivity index (χ4v) is 10.9. The number of fused-ring (bicyclic) bond motifs is 6. The van der Waals surface area contributed by atoms with Crippen LogP contribution >= 0.6 is 69.1 Å². The van der Waals surface area contributed by atoms with Crippen molar-refractivity contribution in [1.82, 2.24) is 35.1 Å². The molecule has 2 amide bonds. The van der Waals surface area contributed by atoms with Gasteiger partial charge in [0.2, 0.25) is 0 Å². The van der Waals surface area contributed by atoms with Crippen LogP contribution in [0, 0.1) is 0 Å². The summed E-state index contributed by atoms with van der Waals surface area (Å²) in [4.78, 5) is 30.7. The van der Waals surface area contributed by atoms with Gasteiger partial charge in [-0.2, -0.15) is 18.6 Å². The van der Waals surface area contributed by atoms with Crippen LogP contribution < -0.4 is 10.6 Å². The summed E-state index contributed by atoms with van der Waals surface area (Å²) in [6.45, 7) is 2.24. The first-order valence-electron chi connectivity index (χ1n) is 17.4. The molecule has 6 aromatic rings. The van der Waals surface area contributed by atoms with Gasteiger partial charge in [0, 0.05) is 47.1 Å². The van der Waals surface area contributed by atoms with Crippen LogP contribution in [0.2, 0.25) is 20.1 Å². The summed E-state index contributed by atoms with van der Waals surface area (Å²) in [5.41, 5.74) is 6.46. The zero-order chi connectivity index (χ0) is 39.5. The third-order valence-electron chi connectivity index (χ3n) is 9.63. The molecule has 0 fully saturated rings. The van der Waals surface area contributed by atoms with Gasteiger partial charge in [0.05, 0.1) is 42.6 Å². The Labute approximate surface area is 349 Å². The zero-order valence-corrected chi connectivity index (χ0v) is 34.9. The number of nitrogens with one attached hydrogen (secondary N) is 2. The smallest absolute Gasteiger partial charge is 0.304 e. The number of amides is 2. The van der Waals surface area contributed by atoms with E-state index >= 15 is 0 Å². The highest BCUT2D eigenvalue weighted by Gasteiger charge is 2.35. The number of halogens is 4. The molecular formula is C37H31Cl4N7O5S3. The highest BCUT2D eigenvalue weighted by molar-refractivity contribution is 7.88. The van der Waals surface area contributed by atoms with Gasteiger partial charge in [0.1, 0.15) is 4.21 Å². The van der Waals surface area contributed by atoms with Crippen LogP contribution in [0.4, 0.5) is 0 Å². The molecular weight excluding hydrogens is 860 g/mol. The van der Waals surface area contributed by atoms with E-state index in [1.807, 2.05) is 12.4 Å². The molecule has 0 spiro atoms. The van der Waals surface area contributed by atoms with Gasteiger partial charge >= 0.3 is 10.1 Å². The zero-order valence-electron chi connectivity index (χ0n) is 29.4. The molecule has 0 bridgehead atoms. The fourth-order valence-electron chi connectivity index (χ4n) is 7.03. The van der Waals surface area contributed by atoms with Crippen molar-refractivity contribution in [3.8, 4) is 32.5 Å². The monoisotopic (exact) mass is 889 g/mol. The van der Waals surface area contributed by atoms with E-state index in [9.17, 15) is 22.6 Å². The fraction of sp³-hybridized carbons (Fsp3) is 0.243. The van der Waals surface area contributed by atoms with E-state index in [-0.39, 0.29) is 28.1 Å². The Kier molecular flexibility index (Phi) is 10.8. The van der Waals surface area contributed by atoms with Crippen molar-refractivity contribution in [2.24, 2.45) is 0 Å². The first-order chi connectivity index (χ1) is 26.8. The molecule has 0 radical (unpaired) electrons. The number of thiophene rings is 2. The first-order valence-corrected chi connectivity index (χ1v) is 22.0. The number of carbonyl (C=O) groups is 2. The van der Waals surface area contributed by atoms with E-state index < -0.39 is 10.1 Å². The van der Waals surface area contributed by atoms with Gasteiger partial charge in [-0.3, -0.25) is 14.1 Å². The molecule has 0 saturated carbocycles. The van der Waals surface area contributed by atoms with Crippen LogP contribution in [0.1, 0.15) is 56.1 Å². The molecule has 3 N–H and O–H groups in total. The summed E-state index contributed by atoms with van der Waals surface area (Å²) in [6.07, 6.45) is 2.25. The summed E-state index contributed by atoms with van der Waals surface area (Å²) in [6, 6.07) is 13.6. The lowest BCUT2D eigenvalue weighted by Gasteiger charge is -2.16. The second-order valence-corrected chi connectivity index (χ2v) is 18.7. The first kappa shape index (κ1) is 39.1. The van der Waals surface area contributed by atoms with Crippen molar-refractivity contribution in [1.29, 1.82) is 0 Å². The minimum atomic E-state index is -4.41. The summed E-state index contributed by atoms with van der Waals surface area (Å²) >= 11 is 27.9. The molecule has 12 nitrogen and oxygen atoms in total. The number of hydrogen-bond donors (Lipinski definition) is 3. The molecule has 290 valence electrons. The van der Waals surface area contributed by atoms with E-state index in [1.165, 1.54) is 10.7 Å². The lowest BCUT2D eigenvalue weighted by molar-refractivity contribution is 0.0939. The topological polar surface area (TPSA) is 151 Å². The number of aromatic nitrogens is 4. The third kappa shape index (κ3) is 7.40. The van der Waals surface area contributed by atoms with Gasteiger partial charge < -0.3 is 15.5 Å². The highest BCUT2D eigenvalue weighted by atomic mass is 35.5. The Balaban J connectivity index is 0.860. The largest absolute Gasteiger partial charge is 0.351 e. The Bertz CT molecular complexity index is 2670. The van der Waals surface area contributed by atoms with Gasteiger partial charge in [-0.25, -0.2) is 9.36 Å². The lowest BCUT2D eigenvalue weighted by atomic mass is 10.1. The number of carbonyl (C=O) groups excluding carboxylic acids is 2. The van der Waals surface area contributed by atoms with Crippen LogP contribution in [-0.2, 0) is 23.0 Å². The average Bonchev–Trinajstić information content (AvgIpc) is 3.97.